The molecule has 0 bridgehead atoms. The Hall–Kier alpha value is -2.96. The van der Waals surface area contributed by atoms with Gasteiger partial charge in [0.05, 0.1) is 4.92 Å². The Morgan fingerprint density at radius 1 is 1.40 bits per heavy atom. The highest BCUT2D eigenvalue weighted by Gasteiger charge is 2.16. The molecule has 0 radical (unpaired) electrons. The van der Waals surface area contributed by atoms with Crippen molar-refractivity contribution < 1.29 is 9.66 Å². The monoisotopic (exact) mass is 272 g/mol. The Balaban J connectivity index is 2.39. The van der Waals surface area contributed by atoms with Crippen LogP contribution in [0, 0.1) is 22.4 Å². The number of aromatic nitrogens is 1. The van der Waals surface area contributed by atoms with Gasteiger partial charge in [0.25, 0.3) is 0 Å². The fraction of sp³-hybridized carbons (Fsp3) is 0.0769. The van der Waals surface area contributed by atoms with Crippen LogP contribution in [0.25, 0.3) is 0 Å². The zero-order valence-corrected chi connectivity index (χ0v) is 10.7. The normalized spacial score (nSPS) is 10.1. The summed E-state index contributed by atoms with van der Waals surface area (Å²) in [6.45, 7) is 1.81. The zero-order chi connectivity index (χ0) is 14.7. The van der Waals surface area contributed by atoms with Crippen LogP contribution in [0.5, 0.6) is 11.5 Å². The number of nitrogens with one attached hydrogen (secondary N) is 1. The molecule has 0 unspecified atom stereocenters. The molecule has 7 heteroatoms. The van der Waals surface area contributed by atoms with E-state index in [4.69, 9.17) is 15.9 Å². The van der Waals surface area contributed by atoms with Crippen molar-refractivity contribution in [2.75, 3.05) is 0 Å². The molecule has 0 aliphatic heterocycles. The number of nitro benzene ring substituents is 1. The number of hydrogen-bond donors (Lipinski definition) is 2. The maximum absolute atomic E-state index is 11.0. The highest BCUT2D eigenvalue weighted by Crippen LogP contribution is 2.32. The first kappa shape index (κ1) is 13.5. The third kappa shape index (κ3) is 2.89. The Kier molecular flexibility index (Phi) is 3.60. The minimum absolute atomic E-state index is 0.128. The van der Waals surface area contributed by atoms with Gasteiger partial charge < -0.3 is 10.5 Å². The summed E-state index contributed by atoms with van der Waals surface area (Å²) in [7, 11) is 0. The number of nitrogens with two attached hydrogens (primary N) is 1. The molecule has 0 saturated heterocycles. The highest BCUT2D eigenvalue weighted by molar-refractivity contribution is 5.93. The maximum Gasteiger partial charge on any atom is 0.311 e. The lowest BCUT2D eigenvalue weighted by molar-refractivity contribution is -0.385. The number of nitrogen functional groups attached to an aromatic ring is 1. The number of hydrogen-bond acceptors (Lipinski definition) is 5. The number of pyridine rings is 1. The molecule has 102 valence electrons. The second kappa shape index (κ2) is 5.35. The maximum atomic E-state index is 11.0. The number of nitro groups is 1. The fourth-order valence-electron chi connectivity index (χ4n) is 1.60. The fourth-order valence-corrected chi connectivity index (χ4v) is 1.60. The van der Waals surface area contributed by atoms with Crippen molar-refractivity contribution in [3.05, 3.63) is 57.9 Å². The third-order valence-corrected chi connectivity index (χ3v) is 2.55. The van der Waals surface area contributed by atoms with E-state index in [0.717, 1.165) is 5.56 Å². The Morgan fingerprint density at radius 3 is 2.80 bits per heavy atom. The molecular formula is C13H12N4O3. The van der Waals surface area contributed by atoms with Crippen LogP contribution in [0.2, 0.25) is 0 Å². The Labute approximate surface area is 114 Å². The molecule has 0 spiro atoms. The van der Waals surface area contributed by atoms with Crippen molar-refractivity contribution in [1.29, 1.82) is 5.41 Å². The molecule has 1 aromatic carbocycles. The van der Waals surface area contributed by atoms with Gasteiger partial charge in [-0.1, -0.05) is 6.07 Å². The van der Waals surface area contributed by atoms with Gasteiger partial charge in [-0.15, -0.1) is 0 Å². The van der Waals surface area contributed by atoms with E-state index in [1.54, 1.807) is 18.2 Å². The van der Waals surface area contributed by atoms with Crippen LogP contribution in [0.15, 0.2) is 36.5 Å². The van der Waals surface area contributed by atoms with E-state index in [1.165, 1.54) is 18.3 Å². The number of aryl methyl sites for hydroxylation is 1. The smallest absolute Gasteiger partial charge is 0.311 e. The van der Waals surface area contributed by atoms with Gasteiger partial charge in [0.2, 0.25) is 5.75 Å². The second-order valence-corrected chi connectivity index (χ2v) is 4.12. The second-order valence-electron chi connectivity index (χ2n) is 4.12. The molecule has 3 N–H and O–H groups in total. The summed E-state index contributed by atoms with van der Waals surface area (Å²) < 4.78 is 5.51. The average molecular weight is 272 g/mol. The molecule has 0 amide bonds. The van der Waals surface area contributed by atoms with Crippen LogP contribution in [0.1, 0.15) is 11.3 Å². The van der Waals surface area contributed by atoms with Crippen LogP contribution >= 0.6 is 0 Å². The van der Waals surface area contributed by atoms with Crippen molar-refractivity contribution in [3.8, 4) is 11.5 Å². The standard InChI is InChI=1S/C13H12N4O3/c1-8-2-3-11(17(18)19)12(6-8)20-9-4-5-16-10(7-9)13(14)15/h2-7H,1H3,(H3,14,15). The average Bonchev–Trinajstić information content (AvgIpc) is 2.38. The van der Waals surface area contributed by atoms with Gasteiger partial charge in [0, 0.05) is 18.3 Å². The minimum Gasteiger partial charge on any atom is -0.450 e. The van der Waals surface area contributed by atoms with Gasteiger partial charge in [-0.3, -0.25) is 20.5 Å². The van der Waals surface area contributed by atoms with E-state index >= 15 is 0 Å². The highest BCUT2D eigenvalue weighted by atomic mass is 16.6. The lowest BCUT2D eigenvalue weighted by Gasteiger charge is -2.08. The van der Waals surface area contributed by atoms with Crippen molar-refractivity contribution in [2.24, 2.45) is 5.73 Å². The predicted molar refractivity (Wildman–Crippen MR) is 73.2 cm³/mol. The van der Waals surface area contributed by atoms with Gasteiger partial charge in [-0.05, 0) is 24.6 Å². The molecule has 0 aliphatic carbocycles. The van der Waals surface area contributed by atoms with Crippen LogP contribution < -0.4 is 10.5 Å². The van der Waals surface area contributed by atoms with E-state index < -0.39 is 4.92 Å². The first-order valence-electron chi connectivity index (χ1n) is 5.70. The summed E-state index contributed by atoms with van der Waals surface area (Å²) in [6, 6.07) is 7.59. The molecule has 0 atom stereocenters. The predicted octanol–water partition coefficient (Wildman–Crippen LogP) is 2.37. The van der Waals surface area contributed by atoms with E-state index in [0.29, 0.717) is 5.75 Å². The van der Waals surface area contributed by atoms with Crippen LogP contribution in [0.3, 0.4) is 0 Å². The number of ether oxygens (including phenoxy) is 1. The summed E-state index contributed by atoms with van der Waals surface area (Å²) in [5, 5.41) is 18.3. The molecule has 1 aromatic heterocycles. The van der Waals surface area contributed by atoms with Crippen molar-refractivity contribution in [1.82, 2.24) is 4.98 Å². The minimum atomic E-state index is -0.512. The van der Waals surface area contributed by atoms with Crippen molar-refractivity contribution in [2.45, 2.75) is 6.92 Å². The van der Waals surface area contributed by atoms with Gasteiger partial charge >= 0.3 is 5.69 Å². The quantitative estimate of drug-likeness (QED) is 0.383. The molecular weight excluding hydrogens is 260 g/mol. The van der Waals surface area contributed by atoms with Gasteiger partial charge in [0.15, 0.2) is 0 Å². The SMILES string of the molecule is Cc1ccc([N+](=O)[O-])c(Oc2ccnc(C(=N)N)c2)c1. The van der Waals surface area contributed by atoms with Gasteiger partial charge in [0.1, 0.15) is 17.3 Å². The molecule has 2 rings (SSSR count). The number of rotatable bonds is 4. The number of amidine groups is 1. The number of nitrogens with zero attached hydrogens (tertiary/aromatic N) is 2. The third-order valence-electron chi connectivity index (χ3n) is 2.55. The zero-order valence-electron chi connectivity index (χ0n) is 10.7. The summed E-state index contributed by atoms with van der Waals surface area (Å²) >= 11 is 0. The van der Waals surface area contributed by atoms with Crippen LogP contribution in [-0.4, -0.2) is 15.7 Å². The summed E-state index contributed by atoms with van der Waals surface area (Å²) in [6.07, 6.45) is 1.42. The summed E-state index contributed by atoms with van der Waals surface area (Å²) in [5.74, 6) is 0.267. The lowest BCUT2D eigenvalue weighted by Crippen LogP contribution is -2.12. The van der Waals surface area contributed by atoms with E-state index in [9.17, 15) is 10.1 Å². The molecule has 0 saturated carbocycles. The summed E-state index contributed by atoms with van der Waals surface area (Å²) in [4.78, 5) is 14.3. The van der Waals surface area contributed by atoms with Crippen LogP contribution in [0.4, 0.5) is 5.69 Å². The van der Waals surface area contributed by atoms with Crippen molar-refractivity contribution in [3.63, 3.8) is 0 Å². The number of benzene rings is 1. The van der Waals surface area contributed by atoms with Crippen LogP contribution in [-0.2, 0) is 0 Å². The molecule has 2 aromatic rings. The molecule has 20 heavy (non-hydrogen) atoms. The molecule has 1 heterocycles. The van der Waals surface area contributed by atoms with Gasteiger partial charge in [-0.2, -0.15) is 0 Å². The molecule has 0 aliphatic rings. The van der Waals surface area contributed by atoms with E-state index in [-0.39, 0.29) is 23.0 Å². The first-order valence-corrected chi connectivity index (χ1v) is 5.70. The molecule has 0 fully saturated rings. The Bertz CT molecular complexity index is 685. The summed E-state index contributed by atoms with van der Waals surface area (Å²) in [5.41, 5.74) is 6.29. The largest absolute Gasteiger partial charge is 0.450 e. The molecule has 7 nitrogen and oxygen atoms in total. The van der Waals surface area contributed by atoms with Crippen molar-refractivity contribution >= 4 is 11.5 Å². The van der Waals surface area contributed by atoms with E-state index in [2.05, 4.69) is 4.98 Å². The topological polar surface area (TPSA) is 115 Å². The van der Waals surface area contributed by atoms with E-state index in [1.807, 2.05) is 6.92 Å². The Morgan fingerprint density at radius 2 is 2.15 bits per heavy atom. The van der Waals surface area contributed by atoms with Gasteiger partial charge in [-0.25, -0.2) is 0 Å². The lowest BCUT2D eigenvalue weighted by atomic mass is 10.2. The first-order chi connectivity index (χ1) is 9.47.